The Bertz CT molecular complexity index is 470. The Balaban J connectivity index is 2.17. The Labute approximate surface area is 117 Å². The zero-order valence-corrected chi connectivity index (χ0v) is 12.7. The molecular formula is C13H20N2O3S. The molecule has 2 rings (SSSR count). The fourth-order valence-electron chi connectivity index (χ4n) is 2.09. The third-order valence-electron chi connectivity index (χ3n) is 2.95. The van der Waals surface area contributed by atoms with Gasteiger partial charge in [0, 0.05) is 18.0 Å². The largest absolute Gasteiger partial charge is 0.461 e. The summed E-state index contributed by atoms with van der Waals surface area (Å²) in [5.74, 6) is -0.338. The van der Waals surface area contributed by atoms with Gasteiger partial charge in [-0.3, -0.25) is 0 Å². The van der Waals surface area contributed by atoms with Crippen LogP contribution in [0, 0.1) is 6.92 Å². The monoisotopic (exact) mass is 284 g/mol. The lowest BCUT2D eigenvalue weighted by Gasteiger charge is -2.37. The predicted molar refractivity (Wildman–Crippen MR) is 75.1 cm³/mol. The number of ether oxygens (including phenoxy) is 2. The van der Waals surface area contributed by atoms with Gasteiger partial charge in [-0.1, -0.05) is 0 Å². The van der Waals surface area contributed by atoms with Gasteiger partial charge < -0.3 is 14.4 Å². The SMILES string of the molecule is CCOC(=O)c1nc(N2CCOC(C)(C)C2)sc1C. The van der Waals surface area contributed by atoms with Gasteiger partial charge in [-0.25, -0.2) is 9.78 Å². The number of hydrogen-bond donors (Lipinski definition) is 0. The van der Waals surface area contributed by atoms with E-state index in [1.165, 1.54) is 11.3 Å². The molecule has 0 aromatic carbocycles. The molecular weight excluding hydrogens is 264 g/mol. The Morgan fingerprint density at radius 2 is 2.32 bits per heavy atom. The highest BCUT2D eigenvalue weighted by molar-refractivity contribution is 7.15. The van der Waals surface area contributed by atoms with E-state index in [1.807, 2.05) is 6.92 Å². The van der Waals surface area contributed by atoms with Gasteiger partial charge in [-0.2, -0.15) is 0 Å². The quantitative estimate of drug-likeness (QED) is 0.797. The van der Waals surface area contributed by atoms with Crippen molar-refractivity contribution in [2.45, 2.75) is 33.3 Å². The van der Waals surface area contributed by atoms with Crippen molar-refractivity contribution >= 4 is 22.4 Å². The van der Waals surface area contributed by atoms with Crippen LogP contribution in [0.5, 0.6) is 0 Å². The molecule has 1 aromatic heterocycles. The second kappa shape index (κ2) is 5.46. The van der Waals surface area contributed by atoms with E-state index in [0.29, 0.717) is 18.9 Å². The highest BCUT2D eigenvalue weighted by Crippen LogP contribution is 2.29. The average Bonchev–Trinajstić information content (AvgIpc) is 2.70. The lowest BCUT2D eigenvalue weighted by molar-refractivity contribution is -0.0277. The van der Waals surface area contributed by atoms with E-state index in [2.05, 4.69) is 23.7 Å². The second-order valence-corrected chi connectivity index (χ2v) is 6.33. The molecule has 0 unspecified atom stereocenters. The number of esters is 1. The average molecular weight is 284 g/mol. The van der Waals surface area contributed by atoms with Crippen molar-refractivity contribution in [3.05, 3.63) is 10.6 Å². The first-order valence-corrected chi connectivity index (χ1v) is 7.28. The van der Waals surface area contributed by atoms with Crippen LogP contribution in [0.15, 0.2) is 0 Å². The molecule has 0 N–H and O–H groups in total. The van der Waals surface area contributed by atoms with Crippen molar-refractivity contribution in [2.24, 2.45) is 0 Å². The lowest BCUT2D eigenvalue weighted by atomic mass is 10.1. The number of hydrogen-bond acceptors (Lipinski definition) is 6. The van der Waals surface area contributed by atoms with Crippen molar-refractivity contribution < 1.29 is 14.3 Å². The summed E-state index contributed by atoms with van der Waals surface area (Å²) in [7, 11) is 0. The summed E-state index contributed by atoms with van der Waals surface area (Å²) < 4.78 is 10.7. The summed E-state index contributed by atoms with van der Waals surface area (Å²) in [6.45, 7) is 10.5. The van der Waals surface area contributed by atoms with Crippen LogP contribution in [0.3, 0.4) is 0 Å². The Morgan fingerprint density at radius 1 is 1.58 bits per heavy atom. The summed E-state index contributed by atoms with van der Waals surface area (Å²) in [6, 6.07) is 0. The third-order valence-corrected chi connectivity index (χ3v) is 3.98. The van der Waals surface area contributed by atoms with Crippen molar-refractivity contribution in [2.75, 3.05) is 31.2 Å². The highest BCUT2D eigenvalue weighted by Gasteiger charge is 2.29. The lowest BCUT2D eigenvalue weighted by Crippen LogP contribution is -2.48. The van der Waals surface area contributed by atoms with E-state index < -0.39 is 0 Å². The minimum absolute atomic E-state index is 0.179. The van der Waals surface area contributed by atoms with Crippen molar-refractivity contribution in [1.29, 1.82) is 0 Å². The highest BCUT2D eigenvalue weighted by atomic mass is 32.1. The van der Waals surface area contributed by atoms with Gasteiger partial charge in [0.05, 0.1) is 18.8 Å². The van der Waals surface area contributed by atoms with Crippen LogP contribution in [0.25, 0.3) is 0 Å². The summed E-state index contributed by atoms with van der Waals surface area (Å²) in [5, 5.41) is 0.872. The standard InChI is InChI=1S/C13H20N2O3S/c1-5-17-11(16)10-9(2)19-12(14-10)15-6-7-18-13(3,4)8-15/h5-8H2,1-4H3. The van der Waals surface area contributed by atoms with E-state index >= 15 is 0 Å². The topological polar surface area (TPSA) is 51.7 Å². The second-order valence-electron chi connectivity index (χ2n) is 5.15. The molecule has 0 saturated carbocycles. The minimum Gasteiger partial charge on any atom is -0.461 e. The van der Waals surface area contributed by atoms with Crippen LogP contribution >= 0.6 is 11.3 Å². The molecule has 0 aliphatic carbocycles. The van der Waals surface area contributed by atoms with Crippen molar-refractivity contribution in [3.63, 3.8) is 0 Å². The van der Waals surface area contributed by atoms with Crippen LogP contribution in [0.4, 0.5) is 5.13 Å². The number of aryl methyl sites for hydroxylation is 1. The molecule has 0 radical (unpaired) electrons. The molecule has 6 heteroatoms. The number of carbonyl (C=O) groups excluding carboxylic acids is 1. The molecule has 1 saturated heterocycles. The zero-order chi connectivity index (χ0) is 14.0. The smallest absolute Gasteiger partial charge is 0.358 e. The van der Waals surface area contributed by atoms with Crippen LogP contribution < -0.4 is 4.90 Å². The summed E-state index contributed by atoms with van der Waals surface area (Å²) in [6.07, 6.45) is 0. The van der Waals surface area contributed by atoms with Gasteiger partial charge in [-0.05, 0) is 27.7 Å². The van der Waals surface area contributed by atoms with Gasteiger partial charge in [0.1, 0.15) is 0 Å². The third kappa shape index (κ3) is 3.25. The van der Waals surface area contributed by atoms with Gasteiger partial charge >= 0.3 is 5.97 Å². The number of morpholine rings is 1. The zero-order valence-electron chi connectivity index (χ0n) is 11.9. The number of anilines is 1. The summed E-state index contributed by atoms with van der Waals surface area (Å²) >= 11 is 1.53. The van der Waals surface area contributed by atoms with Crippen LogP contribution in [0.2, 0.25) is 0 Å². The molecule has 1 fully saturated rings. The van der Waals surface area contributed by atoms with E-state index in [4.69, 9.17) is 9.47 Å². The molecule has 106 valence electrons. The maximum Gasteiger partial charge on any atom is 0.358 e. The Kier molecular flexibility index (Phi) is 4.10. The van der Waals surface area contributed by atoms with Gasteiger partial charge in [0.15, 0.2) is 10.8 Å². The Hall–Kier alpha value is -1.14. The van der Waals surface area contributed by atoms with Crippen molar-refractivity contribution in [3.8, 4) is 0 Å². The molecule has 0 amide bonds. The van der Waals surface area contributed by atoms with Crippen LogP contribution in [0.1, 0.15) is 36.1 Å². The van der Waals surface area contributed by atoms with Crippen LogP contribution in [-0.4, -0.2) is 42.9 Å². The number of thiazole rings is 1. The maximum absolute atomic E-state index is 11.8. The molecule has 19 heavy (non-hydrogen) atoms. The van der Waals surface area contributed by atoms with E-state index in [9.17, 15) is 4.79 Å². The molecule has 5 nitrogen and oxygen atoms in total. The van der Waals surface area contributed by atoms with E-state index in [1.54, 1.807) is 6.92 Å². The predicted octanol–water partition coefficient (Wildman–Crippen LogP) is 2.24. The molecule has 1 aliphatic rings. The maximum atomic E-state index is 11.8. The Morgan fingerprint density at radius 3 is 2.95 bits per heavy atom. The fraction of sp³-hybridized carbons (Fsp3) is 0.692. The van der Waals surface area contributed by atoms with E-state index in [-0.39, 0.29) is 11.6 Å². The first-order valence-electron chi connectivity index (χ1n) is 6.46. The summed E-state index contributed by atoms with van der Waals surface area (Å²) in [5.41, 5.74) is 0.258. The number of carbonyl (C=O) groups is 1. The number of nitrogens with zero attached hydrogens (tertiary/aromatic N) is 2. The molecule has 1 aliphatic heterocycles. The van der Waals surface area contributed by atoms with E-state index in [0.717, 1.165) is 23.1 Å². The first kappa shape index (κ1) is 14.3. The fourth-order valence-corrected chi connectivity index (χ4v) is 3.01. The number of rotatable bonds is 3. The van der Waals surface area contributed by atoms with Crippen molar-refractivity contribution in [1.82, 2.24) is 4.98 Å². The molecule has 0 spiro atoms. The minimum atomic E-state index is -0.338. The van der Waals surface area contributed by atoms with Gasteiger partial charge in [-0.15, -0.1) is 11.3 Å². The molecule has 2 heterocycles. The normalized spacial score (nSPS) is 18.4. The van der Waals surface area contributed by atoms with Crippen LogP contribution in [-0.2, 0) is 9.47 Å². The molecule has 0 atom stereocenters. The molecule has 1 aromatic rings. The molecule has 0 bridgehead atoms. The summed E-state index contributed by atoms with van der Waals surface area (Å²) in [4.78, 5) is 19.3. The first-order chi connectivity index (χ1) is 8.93. The number of aromatic nitrogens is 1. The van der Waals surface area contributed by atoms with Gasteiger partial charge in [0.2, 0.25) is 0 Å². The van der Waals surface area contributed by atoms with Gasteiger partial charge in [0.25, 0.3) is 0 Å².